The number of ether oxygens (including phenoxy) is 3. The lowest BCUT2D eigenvalue weighted by Crippen LogP contribution is -2.48. The van der Waals surface area contributed by atoms with Gasteiger partial charge in [0.25, 0.3) is 0 Å². The van der Waals surface area contributed by atoms with E-state index in [2.05, 4.69) is 19.9 Å². The summed E-state index contributed by atoms with van der Waals surface area (Å²) < 4.78 is 85.2. The van der Waals surface area contributed by atoms with Gasteiger partial charge in [-0.3, -0.25) is 9.59 Å². The van der Waals surface area contributed by atoms with Gasteiger partial charge in [-0.15, -0.1) is 0 Å². The number of nitrogens with two attached hydrogens (primary N) is 1. The first-order valence-electron chi connectivity index (χ1n) is 7.85. The van der Waals surface area contributed by atoms with Gasteiger partial charge in [-0.1, -0.05) is 0 Å². The first-order valence-corrected chi connectivity index (χ1v) is 7.85. The molecule has 0 aliphatic rings. The smallest absolute Gasteiger partial charge is 0.409 e. The molecule has 0 radical (unpaired) electrons. The Morgan fingerprint density at radius 1 is 0.862 bits per heavy atom. The molecule has 172 valence electrons. The maximum atomic E-state index is 12.5. The lowest BCUT2D eigenvalue weighted by molar-refractivity contribution is -0.167. The highest BCUT2D eigenvalue weighted by atomic mass is 19.4. The maximum Gasteiger partial charge on any atom is 0.409 e. The molecule has 0 spiro atoms. The molecule has 0 saturated heterocycles. The Bertz CT molecular complexity index is 545. The van der Waals surface area contributed by atoms with E-state index in [4.69, 9.17) is 0 Å². The number of hydrogen-bond acceptors (Lipinski definition) is 7. The minimum absolute atomic E-state index is 0.833. The standard InChI is InChI=1S/C10H16F3NO4.C5H8F3NO2/c1-9(2,3)18-8(16)14-6(10(11,12)13)5-7(15)17-4;1-11-4(10)2-3(9)5(6,7)8/h6H,5H2,1-4H3,(H,14,16);3H,2,9H2,1H3. The highest BCUT2D eigenvalue weighted by Gasteiger charge is 2.43. The molecule has 14 heteroatoms. The first kappa shape index (κ1) is 29.0. The minimum atomic E-state index is -4.76. The molecule has 0 rings (SSSR count). The largest absolute Gasteiger partial charge is 0.469 e. The topological polar surface area (TPSA) is 117 Å². The van der Waals surface area contributed by atoms with Crippen LogP contribution in [0.2, 0.25) is 0 Å². The van der Waals surface area contributed by atoms with Crippen molar-refractivity contribution in [3.63, 3.8) is 0 Å². The number of alkyl halides is 6. The lowest BCUT2D eigenvalue weighted by Gasteiger charge is -2.24. The van der Waals surface area contributed by atoms with E-state index in [9.17, 15) is 40.7 Å². The van der Waals surface area contributed by atoms with Crippen molar-refractivity contribution < 1.29 is 54.9 Å². The highest BCUT2D eigenvalue weighted by molar-refractivity contribution is 5.73. The third-order valence-electron chi connectivity index (χ3n) is 2.72. The Labute approximate surface area is 163 Å². The Balaban J connectivity index is 0. The van der Waals surface area contributed by atoms with Crippen LogP contribution in [0.3, 0.4) is 0 Å². The summed E-state index contributed by atoms with van der Waals surface area (Å²) in [4.78, 5) is 32.3. The lowest BCUT2D eigenvalue weighted by atomic mass is 10.2. The van der Waals surface area contributed by atoms with Crippen molar-refractivity contribution in [2.24, 2.45) is 5.73 Å². The number of amides is 1. The second-order valence-electron chi connectivity index (χ2n) is 6.45. The number of alkyl carbamates (subject to hydrolysis) is 1. The van der Waals surface area contributed by atoms with Crippen molar-refractivity contribution in [2.75, 3.05) is 14.2 Å². The summed E-state index contributed by atoms with van der Waals surface area (Å²) in [7, 11) is 1.97. The van der Waals surface area contributed by atoms with Gasteiger partial charge in [0.1, 0.15) is 17.7 Å². The van der Waals surface area contributed by atoms with E-state index in [1.54, 1.807) is 5.32 Å². The van der Waals surface area contributed by atoms with Gasteiger partial charge in [0.15, 0.2) is 0 Å². The van der Waals surface area contributed by atoms with Crippen LogP contribution < -0.4 is 11.1 Å². The zero-order valence-electron chi connectivity index (χ0n) is 16.4. The van der Waals surface area contributed by atoms with Crippen molar-refractivity contribution >= 4 is 18.0 Å². The number of carbonyl (C=O) groups excluding carboxylic acids is 3. The van der Waals surface area contributed by atoms with Crippen molar-refractivity contribution in [2.45, 2.75) is 63.7 Å². The van der Waals surface area contributed by atoms with Gasteiger partial charge in [-0.2, -0.15) is 26.3 Å². The van der Waals surface area contributed by atoms with Crippen LogP contribution >= 0.6 is 0 Å². The molecular formula is C15H24F6N2O6. The van der Waals surface area contributed by atoms with Gasteiger partial charge in [-0.05, 0) is 20.8 Å². The number of rotatable bonds is 5. The normalized spacial score (nSPS) is 13.9. The molecule has 2 unspecified atom stereocenters. The van der Waals surface area contributed by atoms with Crippen molar-refractivity contribution in [3.8, 4) is 0 Å². The summed E-state index contributed by atoms with van der Waals surface area (Å²) >= 11 is 0. The molecule has 3 N–H and O–H groups in total. The van der Waals surface area contributed by atoms with Crippen LogP contribution in [-0.2, 0) is 23.8 Å². The van der Waals surface area contributed by atoms with E-state index in [1.807, 2.05) is 0 Å². The Morgan fingerprint density at radius 3 is 1.59 bits per heavy atom. The number of carbonyl (C=O) groups is 3. The summed E-state index contributed by atoms with van der Waals surface area (Å²) in [6.07, 6.45) is -12.4. The molecule has 0 saturated carbocycles. The van der Waals surface area contributed by atoms with Gasteiger partial charge < -0.3 is 25.3 Å². The molecule has 29 heavy (non-hydrogen) atoms. The van der Waals surface area contributed by atoms with Crippen LogP contribution in [0.25, 0.3) is 0 Å². The first-order chi connectivity index (χ1) is 12.8. The fraction of sp³-hybridized carbons (Fsp3) is 0.800. The Morgan fingerprint density at radius 2 is 1.28 bits per heavy atom. The van der Waals surface area contributed by atoms with Crippen molar-refractivity contribution in [1.29, 1.82) is 0 Å². The molecule has 0 aromatic carbocycles. The average Bonchev–Trinajstić information content (AvgIpc) is 2.50. The van der Waals surface area contributed by atoms with Crippen LogP contribution in [0.15, 0.2) is 0 Å². The van der Waals surface area contributed by atoms with Crippen LogP contribution in [0, 0.1) is 0 Å². The Kier molecular flexibility index (Phi) is 11.7. The number of methoxy groups -OCH3 is 2. The molecule has 0 aliphatic carbocycles. The molecule has 0 aliphatic heterocycles. The zero-order chi connectivity index (χ0) is 23.6. The summed E-state index contributed by atoms with van der Waals surface area (Å²) in [5.74, 6) is -2.04. The van der Waals surface area contributed by atoms with Gasteiger partial charge in [-0.25, -0.2) is 4.79 Å². The molecule has 0 aromatic rings. The van der Waals surface area contributed by atoms with Gasteiger partial charge in [0, 0.05) is 0 Å². The number of hydrogen-bond donors (Lipinski definition) is 2. The Hall–Kier alpha value is -2.25. The minimum Gasteiger partial charge on any atom is -0.469 e. The van der Waals surface area contributed by atoms with E-state index in [1.165, 1.54) is 20.8 Å². The number of nitrogens with one attached hydrogen (secondary N) is 1. The van der Waals surface area contributed by atoms with Gasteiger partial charge in [0.05, 0.1) is 27.1 Å². The predicted molar refractivity (Wildman–Crippen MR) is 86.5 cm³/mol. The monoisotopic (exact) mass is 442 g/mol. The van der Waals surface area contributed by atoms with E-state index >= 15 is 0 Å². The van der Waals surface area contributed by atoms with Crippen LogP contribution in [0.4, 0.5) is 31.1 Å². The van der Waals surface area contributed by atoms with Crippen molar-refractivity contribution in [1.82, 2.24) is 5.32 Å². The molecule has 2 atom stereocenters. The fourth-order valence-corrected chi connectivity index (χ4v) is 1.33. The quantitative estimate of drug-likeness (QED) is 0.382. The van der Waals surface area contributed by atoms with Gasteiger partial charge in [0.2, 0.25) is 0 Å². The number of esters is 2. The maximum absolute atomic E-state index is 12.5. The summed E-state index contributed by atoms with van der Waals surface area (Å²) in [6, 6.07) is -4.46. The zero-order valence-corrected chi connectivity index (χ0v) is 16.4. The van der Waals surface area contributed by atoms with Crippen molar-refractivity contribution in [3.05, 3.63) is 0 Å². The third-order valence-corrected chi connectivity index (χ3v) is 2.72. The van der Waals surface area contributed by atoms with Crippen LogP contribution in [-0.4, -0.2) is 62.3 Å². The van der Waals surface area contributed by atoms with E-state index in [0.29, 0.717) is 0 Å². The summed E-state index contributed by atoms with van der Waals surface area (Å²) in [5, 5.41) is 1.59. The fourth-order valence-electron chi connectivity index (χ4n) is 1.33. The third kappa shape index (κ3) is 15.4. The van der Waals surface area contributed by atoms with Crippen LogP contribution in [0.1, 0.15) is 33.6 Å². The second kappa shape index (κ2) is 11.7. The highest BCUT2D eigenvalue weighted by Crippen LogP contribution is 2.23. The molecule has 0 fully saturated rings. The van der Waals surface area contributed by atoms with E-state index < -0.39 is 60.9 Å². The van der Waals surface area contributed by atoms with E-state index in [-0.39, 0.29) is 0 Å². The molecular weight excluding hydrogens is 418 g/mol. The summed E-state index contributed by atoms with van der Waals surface area (Å²) in [6.45, 7) is 4.53. The van der Waals surface area contributed by atoms with E-state index in [0.717, 1.165) is 14.2 Å². The summed E-state index contributed by atoms with van der Waals surface area (Å²) in [5.41, 5.74) is 3.68. The predicted octanol–water partition coefficient (Wildman–Crippen LogP) is 2.44. The van der Waals surface area contributed by atoms with Crippen LogP contribution in [0.5, 0.6) is 0 Å². The second-order valence-corrected chi connectivity index (χ2v) is 6.45. The average molecular weight is 442 g/mol. The molecule has 0 heterocycles. The van der Waals surface area contributed by atoms with Gasteiger partial charge >= 0.3 is 30.4 Å². The molecule has 0 bridgehead atoms. The SMILES string of the molecule is COC(=O)CC(N)C(F)(F)F.COC(=O)CC(NC(=O)OC(C)(C)C)C(F)(F)F. The molecule has 8 nitrogen and oxygen atoms in total. The molecule has 1 amide bonds. The number of halogens is 6. The molecule has 0 aromatic heterocycles.